The number of halogens is 1. The zero-order chi connectivity index (χ0) is 13.8. The van der Waals surface area contributed by atoms with E-state index < -0.39 is 5.82 Å². The molecule has 3 nitrogen and oxygen atoms in total. The smallest absolute Gasteiger partial charge is 0.131 e. The Morgan fingerprint density at radius 3 is 2.63 bits per heavy atom. The van der Waals surface area contributed by atoms with Crippen LogP contribution in [-0.4, -0.2) is 11.7 Å². The van der Waals surface area contributed by atoms with E-state index in [1.807, 2.05) is 6.07 Å². The molecular weight excluding hydrogens is 243 g/mol. The fourth-order valence-corrected chi connectivity index (χ4v) is 1.92. The number of hydrogen-bond acceptors (Lipinski definition) is 3. The van der Waals surface area contributed by atoms with Crippen LogP contribution in [0.5, 0.6) is 5.75 Å². The van der Waals surface area contributed by atoms with Crippen molar-refractivity contribution in [3.05, 3.63) is 53.3 Å². The minimum absolute atomic E-state index is 0.0187. The van der Waals surface area contributed by atoms with Gasteiger partial charge in [0.2, 0.25) is 0 Å². The molecular formula is C15H13FN2O. The summed E-state index contributed by atoms with van der Waals surface area (Å²) in [4.78, 5) is 0. The Hall–Kier alpha value is -2.38. The summed E-state index contributed by atoms with van der Waals surface area (Å²) in [6.07, 6.45) is 0.646. The highest BCUT2D eigenvalue weighted by atomic mass is 19.1. The van der Waals surface area contributed by atoms with Crippen LogP contribution in [-0.2, 0) is 6.42 Å². The van der Waals surface area contributed by atoms with Crippen molar-refractivity contribution in [1.82, 2.24) is 0 Å². The van der Waals surface area contributed by atoms with Gasteiger partial charge in [0.15, 0.2) is 0 Å². The number of nitriles is 1. The van der Waals surface area contributed by atoms with Crippen LogP contribution in [0.3, 0.4) is 0 Å². The van der Waals surface area contributed by atoms with Crippen molar-refractivity contribution in [2.45, 2.75) is 6.42 Å². The highest BCUT2D eigenvalue weighted by Gasteiger charge is 2.11. The lowest BCUT2D eigenvalue weighted by Crippen LogP contribution is -2.02. The lowest BCUT2D eigenvalue weighted by Gasteiger charge is -2.09. The first-order valence-corrected chi connectivity index (χ1v) is 5.87. The van der Waals surface area contributed by atoms with Crippen LogP contribution < -0.4 is 5.73 Å². The maximum Gasteiger partial charge on any atom is 0.131 e. The Labute approximate surface area is 110 Å². The number of nitrogens with zero attached hydrogens (tertiary/aromatic N) is 1. The summed E-state index contributed by atoms with van der Waals surface area (Å²) < 4.78 is 13.8. The monoisotopic (exact) mass is 256 g/mol. The predicted molar refractivity (Wildman–Crippen MR) is 71.0 cm³/mol. The van der Waals surface area contributed by atoms with E-state index in [4.69, 9.17) is 11.0 Å². The van der Waals surface area contributed by atoms with Crippen molar-refractivity contribution >= 4 is 0 Å². The second kappa shape index (κ2) is 5.51. The zero-order valence-electron chi connectivity index (χ0n) is 10.2. The molecule has 0 aromatic heterocycles. The summed E-state index contributed by atoms with van der Waals surface area (Å²) in [5.41, 5.74) is 7.34. The molecule has 0 radical (unpaired) electrons. The Kier molecular flexibility index (Phi) is 3.79. The largest absolute Gasteiger partial charge is 0.507 e. The van der Waals surface area contributed by atoms with Gasteiger partial charge in [-0.25, -0.2) is 4.39 Å². The third-order valence-corrected chi connectivity index (χ3v) is 2.88. The van der Waals surface area contributed by atoms with E-state index in [-0.39, 0.29) is 11.3 Å². The molecule has 0 saturated carbocycles. The Morgan fingerprint density at radius 2 is 1.95 bits per heavy atom. The molecule has 19 heavy (non-hydrogen) atoms. The summed E-state index contributed by atoms with van der Waals surface area (Å²) in [5.74, 6) is -0.492. The zero-order valence-corrected chi connectivity index (χ0v) is 10.2. The topological polar surface area (TPSA) is 70.0 Å². The van der Waals surface area contributed by atoms with Gasteiger partial charge in [-0.2, -0.15) is 5.26 Å². The van der Waals surface area contributed by atoms with Crippen LogP contribution >= 0.6 is 0 Å². The van der Waals surface area contributed by atoms with Gasteiger partial charge in [-0.3, -0.25) is 0 Å². The molecule has 0 aliphatic heterocycles. The summed E-state index contributed by atoms with van der Waals surface area (Å²) in [6.45, 7) is 0.477. The Bertz CT molecular complexity index is 647. The predicted octanol–water partition coefficient (Wildman–Crippen LogP) is 2.57. The molecule has 0 aliphatic rings. The third kappa shape index (κ3) is 2.72. The quantitative estimate of drug-likeness (QED) is 0.886. The molecule has 2 aromatic carbocycles. The summed E-state index contributed by atoms with van der Waals surface area (Å²) in [7, 11) is 0. The summed E-state index contributed by atoms with van der Waals surface area (Å²) in [5, 5.41) is 18.7. The van der Waals surface area contributed by atoms with Crippen molar-refractivity contribution in [3.63, 3.8) is 0 Å². The average molecular weight is 256 g/mol. The molecule has 0 spiro atoms. The second-order valence-electron chi connectivity index (χ2n) is 4.20. The maximum absolute atomic E-state index is 13.8. The van der Waals surface area contributed by atoms with Crippen molar-refractivity contribution in [2.24, 2.45) is 5.73 Å². The van der Waals surface area contributed by atoms with Gasteiger partial charge < -0.3 is 10.8 Å². The van der Waals surface area contributed by atoms with Gasteiger partial charge in [0, 0.05) is 11.1 Å². The Balaban J connectivity index is 2.57. The SMILES string of the molecule is N#Cc1ccc(F)c(-c2cc(CCN)ccc2O)c1. The molecule has 0 amide bonds. The third-order valence-electron chi connectivity index (χ3n) is 2.88. The van der Waals surface area contributed by atoms with E-state index in [0.717, 1.165) is 5.56 Å². The van der Waals surface area contributed by atoms with Crippen molar-refractivity contribution in [1.29, 1.82) is 5.26 Å². The van der Waals surface area contributed by atoms with Crippen LogP contribution in [0.2, 0.25) is 0 Å². The van der Waals surface area contributed by atoms with Crippen LogP contribution in [0.4, 0.5) is 4.39 Å². The molecule has 96 valence electrons. The number of hydrogen-bond donors (Lipinski definition) is 2. The van der Waals surface area contributed by atoms with E-state index in [2.05, 4.69) is 0 Å². The molecule has 0 atom stereocenters. The number of nitrogens with two attached hydrogens (primary N) is 1. The second-order valence-corrected chi connectivity index (χ2v) is 4.20. The average Bonchev–Trinajstić information content (AvgIpc) is 2.42. The van der Waals surface area contributed by atoms with Crippen LogP contribution in [0.15, 0.2) is 36.4 Å². The van der Waals surface area contributed by atoms with Gasteiger partial charge in [0.25, 0.3) is 0 Å². The molecule has 3 N–H and O–H groups in total. The molecule has 0 heterocycles. The molecule has 2 aromatic rings. The summed E-state index contributed by atoms with van der Waals surface area (Å²) >= 11 is 0. The van der Waals surface area contributed by atoms with Crippen LogP contribution in [0.25, 0.3) is 11.1 Å². The molecule has 0 bridgehead atoms. The first-order valence-electron chi connectivity index (χ1n) is 5.87. The number of rotatable bonds is 3. The van der Waals surface area contributed by atoms with Crippen LogP contribution in [0, 0.1) is 17.1 Å². The maximum atomic E-state index is 13.8. The first-order chi connectivity index (χ1) is 9.15. The normalized spacial score (nSPS) is 10.2. The Morgan fingerprint density at radius 1 is 1.16 bits per heavy atom. The minimum Gasteiger partial charge on any atom is -0.507 e. The molecule has 0 unspecified atom stereocenters. The number of aromatic hydroxyl groups is 1. The van der Waals surface area contributed by atoms with Crippen molar-refractivity contribution in [3.8, 4) is 22.9 Å². The van der Waals surface area contributed by atoms with Crippen molar-refractivity contribution < 1.29 is 9.50 Å². The van der Waals surface area contributed by atoms with Gasteiger partial charge in [-0.15, -0.1) is 0 Å². The van der Waals surface area contributed by atoms with E-state index in [1.165, 1.54) is 24.3 Å². The number of phenols is 1. The van der Waals surface area contributed by atoms with Gasteiger partial charge in [0.1, 0.15) is 11.6 Å². The van der Waals surface area contributed by atoms with Gasteiger partial charge in [-0.1, -0.05) is 6.07 Å². The van der Waals surface area contributed by atoms with E-state index in [9.17, 15) is 9.50 Å². The number of phenolic OH excluding ortho intramolecular Hbond substituents is 1. The fraction of sp³-hybridized carbons (Fsp3) is 0.133. The van der Waals surface area contributed by atoms with Gasteiger partial charge in [-0.05, 0) is 48.9 Å². The van der Waals surface area contributed by atoms with E-state index in [1.54, 1.807) is 12.1 Å². The van der Waals surface area contributed by atoms with Gasteiger partial charge >= 0.3 is 0 Å². The summed E-state index contributed by atoms with van der Waals surface area (Å²) in [6, 6.07) is 11.0. The standard InChI is InChI=1S/C15H13FN2O/c16-14-3-1-11(9-18)8-12(14)13-7-10(5-6-17)2-4-15(13)19/h1-4,7-8,19H,5-6,17H2. The highest BCUT2D eigenvalue weighted by Crippen LogP contribution is 2.32. The molecule has 4 heteroatoms. The fourth-order valence-electron chi connectivity index (χ4n) is 1.92. The molecule has 2 rings (SSSR count). The molecule has 0 aliphatic carbocycles. The van der Waals surface area contributed by atoms with Crippen molar-refractivity contribution in [2.75, 3.05) is 6.54 Å². The molecule has 0 fully saturated rings. The first kappa shape index (κ1) is 13.1. The molecule has 0 saturated heterocycles. The lowest BCUT2D eigenvalue weighted by atomic mass is 9.98. The van der Waals surface area contributed by atoms with E-state index >= 15 is 0 Å². The number of benzene rings is 2. The highest BCUT2D eigenvalue weighted by molar-refractivity contribution is 5.72. The van der Waals surface area contributed by atoms with Gasteiger partial charge in [0.05, 0.1) is 11.6 Å². The minimum atomic E-state index is -0.473. The van der Waals surface area contributed by atoms with Crippen LogP contribution in [0.1, 0.15) is 11.1 Å². The lowest BCUT2D eigenvalue weighted by molar-refractivity contribution is 0.476. The van der Waals surface area contributed by atoms with E-state index in [0.29, 0.717) is 24.1 Å².